The monoisotopic (exact) mass is 305 g/mol. The lowest BCUT2D eigenvalue weighted by molar-refractivity contribution is -0.184. The first-order valence-corrected chi connectivity index (χ1v) is 8.02. The summed E-state index contributed by atoms with van der Waals surface area (Å²) in [5.41, 5.74) is 1.08. The van der Waals surface area contributed by atoms with E-state index in [1.54, 1.807) is 0 Å². The molecule has 1 aromatic carbocycles. The SMILES string of the molecule is O=C(CC1OCCCO1)N[C@H](c1ccccc1)[C@H]1CCCO1. The van der Waals surface area contributed by atoms with Crippen LogP contribution in [0.2, 0.25) is 0 Å². The zero-order valence-corrected chi connectivity index (χ0v) is 12.7. The molecule has 0 saturated carbocycles. The van der Waals surface area contributed by atoms with Crippen molar-refractivity contribution in [2.24, 2.45) is 0 Å². The molecule has 2 saturated heterocycles. The first-order chi connectivity index (χ1) is 10.8. The lowest BCUT2D eigenvalue weighted by Crippen LogP contribution is -2.39. The number of carbonyl (C=O) groups excluding carboxylic acids is 1. The molecule has 2 atom stereocenters. The van der Waals surface area contributed by atoms with Gasteiger partial charge in [0.2, 0.25) is 5.91 Å². The number of hydrogen-bond donors (Lipinski definition) is 1. The van der Waals surface area contributed by atoms with Gasteiger partial charge in [0.15, 0.2) is 6.29 Å². The van der Waals surface area contributed by atoms with E-state index in [4.69, 9.17) is 14.2 Å². The first-order valence-electron chi connectivity index (χ1n) is 8.02. The van der Waals surface area contributed by atoms with Gasteiger partial charge in [-0.1, -0.05) is 30.3 Å². The zero-order valence-electron chi connectivity index (χ0n) is 12.7. The fourth-order valence-corrected chi connectivity index (χ4v) is 2.95. The van der Waals surface area contributed by atoms with Crippen LogP contribution in [-0.4, -0.2) is 38.1 Å². The Hall–Kier alpha value is -1.43. The molecule has 0 radical (unpaired) electrons. The summed E-state index contributed by atoms with van der Waals surface area (Å²) in [7, 11) is 0. The fraction of sp³-hybridized carbons (Fsp3) is 0.588. The molecule has 0 bridgehead atoms. The van der Waals surface area contributed by atoms with Crippen LogP contribution >= 0.6 is 0 Å². The maximum Gasteiger partial charge on any atom is 0.225 e. The summed E-state index contributed by atoms with van der Waals surface area (Å²) in [5, 5.41) is 3.10. The molecule has 0 spiro atoms. The van der Waals surface area contributed by atoms with Gasteiger partial charge in [-0.2, -0.15) is 0 Å². The molecule has 22 heavy (non-hydrogen) atoms. The highest BCUT2D eigenvalue weighted by atomic mass is 16.7. The van der Waals surface area contributed by atoms with Crippen LogP contribution in [0.3, 0.4) is 0 Å². The first kappa shape index (κ1) is 15.5. The van der Waals surface area contributed by atoms with E-state index in [0.29, 0.717) is 13.2 Å². The van der Waals surface area contributed by atoms with Crippen LogP contribution < -0.4 is 5.32 Å². The highest BCUT2D eigenvalue weighted by Gasteiger charge is 2.29. The van der Waals surface area contributed by atoms with Crippen LogP contribution in [0, 0.1) is 0 Å². The average Bonchev–Trinajstić information content (AvgIpc) is 3.08. The fourth-order valence-electron chi connectivity index (χ4n) is 2.95. The Morgan fingerprint density at radius 3 is 2.50 bits per heavy atom. The van der Waals surface area contributed by atoms with Crippen LogP contribution in [0.15, 0.2) is 30.3 Å². The smallest absolute Gasteiger partial charge is 0.225 e. The second kappa shape index (κ2) is 7.72. The molecule has 2 heterocycles. The number of rotatable bonds is 5. The molecule has 1 N–H and O–H groups in total. The van der Waals surface area contributed by atoms with E-state index < -0.39 is 6.29 Å². The minimum absolute atomic E-state index is 0.0412. The third-order valence-corrected chi connectivity index (χ3v) is 4.06. The Balaban J connectivity index is 1.63. The van der Waals surface area contributed by atoms with Gasteiger partial charge in [-0.3, -0.25) is 4.79 Å². The molecule has 0 unspecified atom stereocenters. The second-order valence-corrected chi connectivity index (χ2v) is 5.74. The van der Waals surface area contributed by atoms with E-state index in [1.165, 1.54) is 0 Å². The minimum atomic E-state index is -0.422. The summed E-state index contributed by atoms with van der Waals surface area (Å²) < 4.78 is 16.7. The standard InChI is InChI=1S/C17H23NO4/c19-15(12-16-21-10-5-11-22-16)18-17(14-8-4-9-20-14)13-6-2-1-3-7-13/h1-3,6-7,14,16-17H,4-5,8-12H2,(H,18,19)/t14-,17-/m1/s1. The summed E-state index contributed by atoms with van der Waals surface area (Å²) in [6.07, 6.45) is 2.75. The van der Waals surface area contributed by atoms with E-state index in [0.717, 1.165) is 31.4 Å². The van der Waals surface area contributed by atoms with Gasteiger partial charge < -0.3 is 19.5 Å². The predicted octanol–water partition coefficient (Wildman–Crippen LogP) is 2.18. The number of nitrogens with one attached hydrogen (secondary N) is 1. The molecular formula is C17H23NO4. The highest BCUT2D eigenvalue weighted by Crippen LogP contribution is 2.27. The summed E-state index contributed by atoms with van der Waals surface area (Å²) >= 11 is 0. The van der Waals surface area contributed by atoms with Crippen molar-refractivity contribution in [2.75, 3.05) is 19.8 Å². The van der Waals surface area contributed by atoms with Crippen molar-refractivity contribution in [3.8, 4) is 0 Å². The molecular weight excluding hydrogens is 282 g/mol. The molecule has 1 aromatic rings. The van der Waals surface area contributed by atoms with E-state index in [1.807, 2.05) is 30.3 Å². The van der Waals surface area contributed by atoms with Gasteiger partial charge in [-0.25, -0.2) is 0 Å². The Bertz CT molecular complexity index is 467. The maximum atomic E-state index is 12.3. The van der Waals surface area contributed by atoms with E-state index in [-0.39, 0.29) is 24.5 Å². The minimum Gasteiger partial charge on any atom is -0.376 e. The van der Waals surface area contributed by atoms with Crippen molar-refractivity contribution in [1.29, 1.82) is 0 Å². The van der Waals surface area contributed by atoms with Crippen molar-refractivity contribution in [3.63, 3.8) is 0 Å². The molecule has 0 aliphatic carbocycles. The number of amides is 1. The highest BCUT2D eigenvalue weighted by molar-refractivity contribution is 5.76. The van der Waals surface area contributed by atoms with Crippen molar-refractivity contribution < 1.29 is 19.0 Å². The Kier molecular flexibility index (Phi) is 5.43. The topological polar surface area (TPSA) is 56.8 Å². The van der Waals surface area contributed by atoms with Gasteiger partial charge in [0.1, 0.15) is 0 Å². The maximum absolute atomic E-state index is 12.3. The zero-order chi connectivity index (χ0) is 15.2. The summed E-state index contributed by atoms with van der Waals surface area (Å²) in [5.74, 6) is -0.0590. The van der Waals surface area contributed by atoms with Crippen molar-refractivity contribution in [1.82, 2.24) is 5.32 Å². The molecule has 5 heteroatoms. The Labute approximate surface area is 130 Å². The van der Waals surface area contributed by atoms with Crippen molar-refractivity contribution in [3.05, 3.63) is 35.9 Å². The van der Waals surface area contributed by atoms with Crippen LogP contribution in [0.5, 0.6) is 0 Å². The molecule has 2 aliphatic heterocycles. The van der Waals surface area contributed by atoms with Crippen LogP contribution in [0.4, 0.5) is 0 Å². The van der Waals surface area contributed by atoms with Crippen molar-refractivity contribution in [2.45, 2.75) is 44.1 Å². The summed E-state index contributed by atoms with van der Waals surface area (Å²) in [6.45, 7) is 2.08. The predicted molar refractivity (Wildman–Crippen MR) is 81.2 cm³/mol. The van der Waals surface area contributed by atoms with Gasteiger partial charge in [0.25, 0.3) is 0 Å². The number of benzene rings is 1. The van der Waals surface area contributed by atoms with E-state index in [2.05, 4.69) is 5.32 Å². The molecule has 2 aliphatic rings. The van der Waals surface area contributed by atoms with Crippen LogP contribution in [0.25, 0.3) is 0 Å². The molecule has 2 fully saturated rings. The largest absolute Gasteiger partial charge is 0.376 e. The summed E-state index contributed by atoms with van der Waals surface area (Å²) in [6, 6.07) is 9.88. The van der Waals surface area contributed by atoms with E-state index in [9.17, 15) is 4.79 Å². The number of hydrogen-bond acceptors (Lipinski definition) is 4. The van der Waals surface area contributed by atoms with Gasteiger partial charge in [-0.15, -0.1) is 0 Å². The van der Waals surface area contributed by atoms with Gasteiger partial charge in [0, 0.05) is 6.61 Å². The van der Waals surface area contributed by atoms with Gasteiger partial charge in [-0.05, 0) is 24.8 Å². The Morgan fingerprint density at radius 2 is 1.82 bits per heavy atom. The molecule has 120 valence electrons. The van der Waals surface area contributed by atoms with Gasteiger partial charge >= 0.3 is 0 Å². The lowest BCUT2D eigenvalue weighted by Gasteiger charge is -2.27. The Morgan fingerprint density at radius 1 is 1.09 bits per heavy atom. The average molecular weight is 305 g/mol. The number of ether oxygens (including phenoxy) is 3. The number of carbonyl (C=O) groups is 1. The third kappa shape index (κ3) is 4.06. The lowest BCUT2D eigenvalue weighted by atomic mass is 9.99. The quantitative estimate of drug-likeness (QED) is 0.906. The summed E-state index contributed by atoms with van der Waals surface area (Å²) in [4.78, 5) is 12.3. The molecule has 3 rings (SSSR count). The van der Waals surface area contributed by atoms with Crippen molar-refractivity contribution >= 4 is 5.91 Å². The second-order valence-electron chi connectivity index (χ2n) is 5.74. The van der Waals surface area contributed by atoms with E-state index >= 15 is 0 Å². The normalized spacial score (nSPS) is 24.1. The van der Waals surface area contributed by atoms with Gasteiger partial charge in [0.05, 0.1) is 31.8 Å². The van der Waals surface area contributed by atoms with Crippen LogP contribution in [0.1, 0.15) is 37.3 Å². The molecule has 0 aromatic heterocycles. The molecule has 5 nitrogen and oxygen atoms in total. The third-order valence-electron chi connectivity index (χ3n) is 4.06. The van der Waals surface area contributed by atoms with Crippen LogP contribution in [-0.2, 0) is 19.0 Å². The molecule has 1 amide bonds.